The minimum absolute atomic E-state index is 0.354. The molecule has 0 aliphatic heterocycles. The van der Waals surface area contributed by atoms with E-state index in [1.54, 1.807) is 38.4 Å². The summed E-state index contributed by atoms with van der Waals surface area (Å²) >= 11 is 0. The summed E-state index contributed by atoms with van der Waals surface area (Å²) in [7, 11) is 1.55. The van der Waals surface area contributed by atoms with Crippen LogP contribution >= 0.6 is 0 Å². The number of hydrogen-bond donors (Lipinski definition) is 0. The van der Waals surface area contributed by atoms with E-state index < -0.39 is 0 Å². The minimum Gasteiger partial charge on any atom is -0.481 e. The first kappa shape index (κ1) is 13.0. The maximum Gasteiger partial charge on any atom is 0.330 e. The fourth-order valence-electron chi connectivity index (χ4n) is 1.62. The molecular weight excluding hydrogens is 244 g/mol. The van der Waals surface area contributed by atoms with Crippen molar-refractivity contribution in [3.8, 4) is 5.88 Å². The Morgan fingerprint density at radius 2 is 2.21 bits per heavy atom. The van der Waals surface area contributed by atoms with Crippen molar-refractivity contribution in [2.24, 2.45) is 0 Å². The molecule has 98 valence electrons. The van der Waals surface area contributed by atoms with Crippen LogP contribution in [-0.2, 0) is 9.53 Å². The molecule has 19 heavy (non-hydrogen) atoms. The average Bonchev–Trinajstić information content (AvgIpc) is 2.44. The quantitative estimate of drug-likeness (QED) is 0.621. The number of carbonyl (C=O) groups is 1. The van der Waals surface area contributed by atoms with Gasteiger partial charge < -0.3 is 9.47 Å². The third kappa shape index (κ3) is 3.07. The van der Waals surface area contributed by atoms with E-state index in [-0.39, 0.29) is 5.97 Å². The van der Waals surface area contributed by atoms with E-state index in [1.165, 1.54) is 6.08 Å². The number of aromatic nitrogens is 2. The third-order valence-electron chi connectivity index (χ3n) is 2.48. The molecule has 2 rings (SSSR count). The van der Waals surface area contributed by atoms with Crippen LogP contribution in [0.3, 0.4) is 0 Å². The maximum atomic E-state index is 11.3. The number of fused-ring (bicyclic) bond motifs is 1. The summed E-state index contributed by atoms with van der Waals surface area (Å²) < 4.78 is 9.92. The molecule has 0 saturated carbocycles. The highest BCUT2D eigenvalue weighted by atomic mass is 16.5. The Bertz CT molecular complexity index is 623. The van der Waals surface area contributed by atoms with Crippen molar-refractivity contribution < 1.29 is 14.3 Å². The van der Waals surface area contributed by atoms with Crippen LogP contribution in [0.4, 0.5) is 0 Å². The SMILES string of the molecule is CCOC(=O)C=Cc1ccnc2ccc(OC)nc12. The molecule has 0 N–H and O–H groups in total. The molecule has 5 heteroatoms. The van der Waals surface area contributed by atoms with Gasteiger partial charge in [0.1, 0.15) is 0 Å². The van der Waals surface area contributed by atoms with Crippen LogP contribution in [0.15, 0.2) is 30.5 Å². The Morgan fingerprint density at radius 3 is 2.95 bits per heavy atom. The number of hydrogen-bond acceptors (Lipinski definition) is 5. The van der Waals surface area contributed by atoms with Crippen LogP contribution in [0, 0.1) is 0 Å². The lowest BCUT2D eigenvalue weighted by molar-refractivity contribution is -0.137. The monoisotopic (exact) mass is 258 g/mol. The Kier molecular flexibility index (Phi) is 4.07. The van der Waals surface area contributed by atoms with Gasteiger partial charge in [0.25, 0.3) is 0 Å². The molecular formula is C14H14N2O3. The second-order valence-corrected chi connectivity index (χ2v) is 3.71. The Hall–Kier alpha value is -2.43. The molecule has 0 spiro atoms. The maximum absolute atomic E-state index is 11.3. The standard InChI is InChI=1S/C14H14N2O3/c1-3-19-13(17)7-4-10-8-9-15-11-5-6-12(18-2)16-14(10)11/h4-9H,3H2,1-2H3. The van der Waals surface area contributed by atoms with Crippen LogP contribution < -0.4 is 4.74 Å². The lowest BCUT2D eigenvalue weighted by Gasteiger charge is -2.03. The van der Waals surface area contributed by atoms with Gasteiger partial charge in [-0.05, 0) is 25.1 Å². The number of ether oxygens (including phenoxy) is 2. The highest BCUT2D eigenvalue weighted by Crippen LogP contribution is 2.19. The average molecular weight is 258 g/mol. The van der Waals surface area contributed by atoms with E-state index >= 15 is 0 Å². The van der Waals surface area contributed by atoms with Gasteiger partial charge in [-0.25, -0.2) is 9.78 Å². The largest absolute Gasteiger partial charge is 0.481 e. The molecule has 5 nitrogen and oxygen atoms in total. The summed E-state index contributed by atoms with van der Waals surface area (Å²) in [5, 5.41) is 0. The van der Waals surface area contributed by atoms with Gasteiger partial charge in [0, 0.05) is 23.9 Å². The van der Waals surface area contributed by atoms with Gasteiger partial charge in [-0.2, -0.15) is 0 Å². The van der Waals surface area contributed by atoms with Gasteiger partial charge in [-0.15, -0.1) is 0 Å². The Labute approximate surface area is 110 Å². The van der Waals surface area contributed by atoms with Gasteiger partial charge in [0.15, 0.2) is 0 Å². The normalized spacial score (nSPS) is 10.8. The topological polar surface area (TPSA) is 61.3 Å². The molecule has 2 heterocycles. The predicted molar refractivity (Wildman–Crippen MR) is 71.8 cm³/mol. The number of carbonyl (C=O) groups excluding carboxylic acids is 1. The first-order valence-electron chi connectivity index (χ1n) is 5.89. The fraction of sp³-hybridized carbons (Fsp3) is 0.214. The van der Waals surface area contributed by atoms with E-state index in [2.05, 4.69) is 9.97 Å². The molecule has 2 aromatic rings. The van der Waals surface area contributed by atoms with Crippen LogP contribution in [0.2, 0.25) is 0 Å². The molecule has 0 aliphatic carbocycles. The first-order valence-corrected chi connectivity index (χ1v) is 5.89. The van der Waals surface area contributed by atoms with E-state index in [1.807, 2.05) is 6.07 Å². The molecule has 0 saturated heterocycles. The fourth-order valence-corrected chi connectivity index (χ4v) is 1.62. The van der Waals surface area contributed by atoms with Gasteiger partial charge >= 0.3 is 5.97 Å². The smallest absolute Gasteiger partial charge is 0.330 e. The molecule has 0 radical (unpaired) electrons. The van der Waals surface area contributed by atoms with Crippen molar-refractivity contribution in [2.45, 2.75) is 6.92 Å². The highest BCUT2D eigenvalue weighted by molar-refractivity contribution is 5.91. The summed E-state index contributed by atoms with van der Waals surface area (Å²) in [6.07, 6.45) is 4.70. The van der Waals surface area contributed by atoms with Crippen LogP contribution in [0.1, 0.15) is 12.5 Å². The predicted octanol–water partition coefficient (Wildman–Crippen LogP) is 2.21. The molecule has 0 aromatic carbocycles. The number of methoxy groups -OCH3 is 1. The van der Waals surface area contributed by atoms with Crippen molar-refractivity contribution in [1.82, 2.24) is 9.97 Å². The zero-order chi connectivity index (χ0) is 13.7. The van der Waals surface area contributed by atoms with E-state index in [0.717, 1.165) is 11.1 Å². The molecule has 0 atom stereocenters. The Balaban J connectivity index is 2.39. The highest BCUT2D eigenvalue weighted by Gasteiger charge is 2.04. The molecule has 2 aromatic heterocycles. The number of pyridine rings is 2. The van der Waals surface area contributed by atoms with Crippen LogP contribution in [0.25, 0.3) is 17.1 Å². The molecule has 0 amide bonds. The van der Waals surface area contributed by atoms with Crippen molar-refractivity contribution >= 4 is 23.1 Å². The summed E-state index contributed by atoms with van der Waals surface area (Å²) in [5.41, 5.74) is 2.21. The lowest BCUT2D eigenvalue weighted by Crippen LogP contribution is -1.98. The summed E-state index contributed by atoms with van der Waals surface area (Å²) in [6.45, 7) is 2.12. The minimum atomic E-state index is -0.379. The summed E-state index contributed by atoms with van der Waals surface area (Å²) in [6, 6.07) is 5.35. The van der Waals surface area contributed by atoms with Crippen molar-refractivity contribution in [2.75, 3.05) is 13.7 Å². The zero-order valence-electron chi connectivity index (χ0n) is 10.8. The summed E-state index contributed by atoms with van der Waals surface area (Å²) in [5.74, 6) is 0.127. The second-order valence-electron chi connectivity index (χ2n) is 3.71. The van der Waals surface area contributed by atoms with Crippen molar-refractivity contribution in [1.29, 1.82) is 0 Å². The van der Waals surface area contributed by atoms with Crippen LogP contribution in [0.5, 0.6) is 5.88 Å². The zero-order valence-corrected chi connectivity index (χ0v) is 10.8. The number of rotatable bonds is 4. The third-order valence-corrected chi connectivity index (χ3v) is 2.48. The number of nitrogens with zero attached hydrogens (tertiary/aromatic N) is 2. The number of esters is 1. The molecule has 0 aliphatic rings. The van der Waals surface area contributed by atoms with Gasteiger partial charge in [0.05, 0.1) is 24.8 Å². The van der Waals surface area contributed by atoms with Gasteiger partial charge in [-0.1, -0.05) is 0 Å². The van der Waals surface area contributed by atoms with Gasteiger partial charge in [-0.3, -0.25) is 4.98 Å². The van der Waals surface area contributed by atoms with E-state index in [0.29, 0.717) is 18.0 Å². The molecule has 0 fully saturated rings. The molecule has 0 unspecified atom stereocenters. The second kappa shape index (κ2) is 5.95. The first-order chi connectivity index (χ1) is 9.24. The van der Waals surface area contributed by atoms with Crippen molar-refractivity contribution in [3.05, 3.63) is 36.0 Å². The van der Waals surface area contributed by atoms with E-state index in [9.17, 15) is 4.79 Å². The molecule has 0 bridgehead atoms. The Morgan fingerprint density at radius 1 is 1.37 bits per heavy atom. The van der Waals surface area contributed by atoms with Crippen molar-refractivity contribution in [3.63, 3.8) is 0 Å². The van der Waals surface area contributed by atoms with Crippen LogP contribution in [-0.4, -0.2) is 29.7 Å². The summed E-state index contributed by atoms with van der Waals surface area (Å²) in [4.78, 5) is 19.8. The van der Waals surface area contributed by atoms with E-state index in [4.69, 9.17) is 9.47 Å². The van der Waals surface area contributed by atoms with Gasteiger partial charge in [0.2, 0.25) is 5.88 Å². The lowest BCUT2D eigenvalue weighted by atomic mass is 10.2.